The van der Waals surface area contributed by atoms with Crippen LogP contribution in [-0.4, -0.2) is 25.2 Å². The van der Waals surface area contributed by atoms with Crippen LogP contribution in [0.2, 0.25) is 5.02 Å². The van der Waals surface area contributed by atoms with Gasteiger partial charge in [-0.3, -0.25) is 14.3 Å². The second-order valence-electron chi connectivity index (χ2n) is 7.84. The molecule has 2 heterocycles. The van der Waals surface area contributed by atoms with Gasteiger partial charge in [-0.1, -0.05) is 30.7 Å². The number of furan rings is 1. The van der Waals surface area contributed by atoms with E-state index < -0.39 is 17.3 Å². The van der Waals surface area contributed by atoms with Gasteiger partial charge in [0, 0.05) is 23.4 Å². The van der Waals surface area contributed by atoms with E-state index >= 15 is 0 Å². The summed E-state index contributed by atoms with van der Waals surface area (Å²) in [6, 6.07) is 12.3. The van der Waals surface area contributed by atoms with Crippen LogP contribution < -0.4 is 17.0 Å². The molecule has 0 saturated carbocycles. The summed E-state index contributed by atoms with van der Waals surface area (Å²) >= 11 is 5.97. The third kappa shape index (κ3) is 4.74. The largest absolute Gasteiger partial charge is 0.481 e. The number of rotatable bonds is 7. The number of hydrogen-bond acceptors (Lipinski definition) is 5. The number of aromatic amines is 1. The fraction of sp³-hybridized carbons (Fsp3) is 0.250. The smallest absolute Gasteiger partial charge is 0.335 e. The van der Waals surface area contributed by atoms with Crippen LogP contribution in [0.3, 0.4) is 0 Å². The third-order valence-corrected chi connectivity index (χ3v) is 5.81. The zero-order chi connectivity index (χ0) is 24.4. The molecule has 10 heteroatoms. The van der Waals surface area contributed by atoms with Crippen LogP contribution in [0, 0.1) is 6.92 Å². The van der Waals surface area contributed by atoms with Gasteiger partial charge in [0.05, 0.1) is 18.7 Å². The summed E-state index contributed by atoms with van der Waals surface area (Å²) < 4.78 is 8.01. The fourth-order valence-electron chi connectivity index (χ4n) is 3.75. The third-order valence-electron chi connectivity index (χ3n) is 5.56. The van der Waals surface area contributed by atoms with E-state index in [1.807, 2.05) is 19.9 Å². The predicted octanol–water partition coefficient (Wildman–Crippen LogP) is 3.36. The van der Waals surface area contributed by atoms with Crippen molar-refractivity contribution in [3.63, 3.8) is 0 Å². The van der Waals surface area contributed by atoms with Crippen molar-refractivity contribution in [3.05, 3.63) is 91.0 Å². The van der Waals surface area contributed by atoms with Gasteiger partial charge < -0.3 is 9.52 Å². The highest BCUT2D eigenvalue weighted by atomic mass is 35.5. The molecule has 0 aliphatic carbocycles. The van der Waals surface area contributed by atoms with E-state index in [2.05, 4.69) is 9.98 Å². The van der Waals surface area contributed by atoms with Gasteiger partial charge >= 0.3 is 17.3 Å². The van der Waals surface area contributed by atoms with Gasteiger partial charge in [0.25, 0.3) is 0 Å². The fourth-order valence-corrected chi connectivity index (χ4v) is 3.88. The van der Waals surface area contributed by atoms with Crippen molar-refractivity contribution in [3.8, 4) is 0 Å². The highest BCUT2D eigenvalue weighted by Crippen LogP contribution is 2.29. The average Bonchev–Trinajstić information content (AvgIpc) is 3.12. The van der Waals surface area contributed by atoms with Crippen LogP contribution in [0.25, 0.3) is 11.0 Å². The van der Waals surface area contributed by atoms with Crippen molar-refractivity contribution >= 4 is 34.2 Å². The number of aliphatic carboxylic acids is 1. The maximum Gasteiger partial charge on any atom is 0.335 e. The molecule has 0 saturated heterocycles. The molecule has 0 spiro atoms. The molecule has 0 aliphatic rings. The van der Waals surface area contributed by atoms with Crippen molar-refractivity contribution in [2.75, 3.05) is 0 Å². The van der Waals surface area contributed by atoms with Gasteiger partial charge in [-0.2, -0.15) is 0 Å². The molecule has 34 heavy (non-hydrogen) atoms. The minimum atomic E-state index is -1.11. The number of carboxylic acids is 1. The second-order valence-corrected chi connectivity index (χ2v) is 8.28. The van der Waals surface area contributed by atoms with E-state index in [1.54, 1.807) is 36.4 Å². The van der Waals surface area contributed by atoms with E-state index in [-0.39, 0.29) is 25.1 Å². The molecular formula is C24H23ClN4O5. The second kappa shape index (κ2) is 9.56. The Balaban J connectivity index is 1.89. The molecule has 4 rings (SSSR count). The van der Waals surface area contributed by atoms with Gasteiger partial charge in [0.1, 0.15) is 11.3 Å². The number of carbonyl (C=O) groups is 1. The van der Waals surface area contributed by atoms with Gasteiger partial charge in [-0.05, 0) is 48.4 Å². The minimum Gasteiger partial charge on any atom is -0.481 e. The van der Waals surface area contributed by atoms with Crippen LogP contribution >= 0.6 is 11.6 Å². The Labute approximate surface area is 198 Å². The molecule has 0 fully saturated rings. The first-order valence-electron chi connectivity index (χ1n) is 10.7. The van der Waals surface area contributed by atoms with Crippen LogP contribution in [0.5, 0.6) is 0 Å². The van der Waals surface area contributed by atoms with Crippen LogP contribution in [-0.2, 0) is 24.3 Å². The number of carboxylic acid groups (broad SMARTS) is 1. The van der Waals surface area contributed by atoms with E-state index in [0.717, 1.165) is 38.8 Å². The van der Waals surface area contributed by atoms with Crippen LogP contribution in [0.15, 0.2) is 61.5 Å². The summed E-state index contributed by atoms with van der Waals surface area (Å²) in [7, 11) is 0. The quantitative estimate of drug-likeness (QED) is 0.418. The molecule has 0 amide bonds. The molecule has 4 aromatic rings. The molecule has 2 aromatic carbocycles. The Bertz CT molecular complexity index is 1560. The van der Waals surface area contributed by atoms with Crippen molar-refractivity contribution in [1.82, 2.24) is 14.1 Å². The standard InChI is InChI=1S/C24H23ClN4O5/c1-3-19-14(2)18-12-17(8-9-20(18)34-19)26-22-27-23(32)28(11-10-21(30)31)24(33)29(22)13-15-4-6-16(25)7-5-15/h4-9,12H,3,10-11,13H2,1-2H3,(H,30,31)(H,26,27,32). The monoisotopic (exact) mass is 482 g/mol. The molecule has 0 bridgehead atoms. The number of benzene rings is 2. The first kappa shape index (κ1) is 23.3. The number of aryl methyl sites for hydroxylation is 2. The van der Waals surface area contributed by atoms with Gasteiger partial charge in [-0.25, -0.2) is 19.1 Å². The Morgan fingerprint density at radius 2 is 1.88 bits per heavy atom. The van der Waals surface area contributed by atoms with Crippen LogP contribution in [0.1, 0.15) is 30.2 Å². The minimum absolute atomic E-state index is 0.0488. The van der Waals surface area contributed by atoms with Crippen molar-refractivity contribution in [2.24, 2.45) is 4.99 Å². The first-order chi connectivity index (χ1) is 16.3. The number of halogens is 1. The highest BCUT2D eigenvalue weighted by Gasteiger charge is 2.13. The van der Waals surface area contributed by atoms with Gasteiger partial charge in [0.2, 0.25) is 5.62 Å². The summed E-state index contributed by atoms with van der Waals surface area (Å²) in [6.45, 7) is 3.83. The Morgan fingerprint density at radius 3 is 2.56 bits per heavy atom. The summed E-state index contributed by atoms with van der Waals surface area (Å²) in [4.78, 5) is 44.0. The Morgan fingerprint density at radius 1 is 1.15 bits per heavy atom. The van der Waals surface area contributed by atoms with Gasteiger partial charge in [0.15, 0.2) is 0 Å². The molecule has 0 atom stereocenters. The van der Waals surface area contributed by atoms with Crippen molar-refractivity contribution in [1.29, 1.82) is 0 Å². The first-order valence-corrected chi connectivity index (χ1v) is 11.1. The van der Waals surface area contributed by atoms with E-state index in [4.69, 9.17) is 21.1 Å². The zero-order valence-electron chi connectivity index (χ0n) is 18.7. The molecule has 2 aromatic heterocycles. The molecule has 0 radical (unpaired) electrons. The molecular weight excluding hydrogens is 460 g/mol. The summed E-state index contributed by atoms with van der Waals surface area (Å²) in [5, 5.41) is 10.4. The molecule has 2 N–H and O–H groups in total. The lowest BCUT2D eigenvalue weighted by Gasteiger charge is -2.11. The van der Waals surface area contributed by atoms with Crippen molar-refractivity contribution in [2.45, 2.75) is 39.8 Å². The summed E-state index contributed by atoms with van der Waals surface area (Å²) in [5.41, 5.74) is 1.70. The lowest BCUT2D eigenvalue weighted by molar-refractivity contribution is -0.137. The SMILES string of the molecule is CCc1oc2ccc(/N=c3\[nH]c(=O)n(CCC(=O)O)c(=O)n3Cc3ccc(Cl)cc3)cc2c1C. The Hall–Kier alpha value is -3.85. The maximum atomic E-state index is 13.2. The number of nitrogens with zero attached hydrogens (tertiary/aromatic N) is 3. The topological polar surface area (TPSA) is 123 Å². The molecule has 0 aliphatic heterocycles. The molecule has 9 nitrogen and oxygen atoms in total. The number of fused-ring (bicyclic) bond motifs is 1. The van der Waals surface area contributed by atoms with E-state index in [1.165, 1.54) is 4.57 Å². The average molecular weight is 483 g/mol. The number of hydrogen-bond donors (Lipinski definition) is 2. The zero-order valence-corrected chi connectivity index (χ0v) is 19.4. The lowest BCUT2D eigenvalue weighted by atomic mass is 10.1. The van der Waals surface area contributed by atoms with Crippen molar-refractivity contribution < 1.29 is 14.3 Å². The number of nitrogens with one attached hydrogen (secondary N) is 1. The maximum absolute atomic E-state index is 13.2. The summed E-state index contributed by atoms with van der Waals surface area (Å²) in [6.07, 6.45) is 0.395. The molecule has 176 valence electrons. The summed E-state index contributed by atoms with van der Waals surface area (Å²) in [5.74, 6) is -0.223. The molecule has 0 unspecified atom stereocenters. The lowest BCUT2D eigenvalue weighted by Crippen LogP contribution is -2.50. The van der Waals surface area contributed by atoms with Gasteiger partial charge in [-0.15, -0.1) is 0 Å². The predicted molar refractivity (Wildman–Crippen MR) is 128 cm³/mol. The Kier molecular flexibility index (Phi) is 6.56. The number of H-pyrrole nitrogens is 1. The normalized spacial score (nSPS) is 11.9. The van der Waals surface area contributed by atoms with E-state index in [0.29, 0.717) is 10.7 Å². The van der Waals surface area contributed by atoms with E-state index in [9.17, 15) is 14.4 Å². The highest BCUT2D eigenvalue weighted by molar-refractivity contribution is 6.30. The van der Waals surface area contributed by atoms with Crippen LogP contribution in [0.4, 0.5) is 5.69 Å². The number of aromatic nitrogens is 3.